The Hall–Kier alpha value is 0.534. The van der Waals surface area contributed by atoms with Gasteiger partial charge in [-0.25, -0.2) is 0 Å². The van der Waals surface area contributed by atoms with Crippen molar-refractivity contribution in [1.29, 1.82) is 0 Å². The maximum absolute atomic E-state index is 11.3. The van der Waals surface area contributed by atoms with Crippen LogP contribution in [-0.4, -0.2) is 13.1 Å². The number of hydrogen-bond donors (Lipinski definition) is 0. The number of carbonyl (C=O) groups is 1. The van der Waals surface area contributed by atoms with Crippen LogP contribution in [-0.2, 0) is 24.8 Å². The van der Waals surface area contributed by atoms with Crippen LogP contribution in [0.1, 0.15) is 12.8 Å². The zero-order chi connectivity index (χ0) is 11.7. The van der Waals surface area contributed by atoms with E-state index >= 15 is 0 Å². The van der Waals surface area contributed by atoms with E-state index in [1.165, 1.54) is 16.6 Å². The maximum Gasteiger partial charge on any atom is -0.147 e. The van der Waals surface area contributed by atoms with Gasteiger partial charge in [0.05, 0.1) is 0 Å². The Morgan fingerprint density at radius 2 is 1.72 bits per heavy atom. The van der Waals surface area contributed by atoms with Crippen LogP contribution in [0, 0.1) is 0 Å². The van der Waals surface area contributed by atoms with Gasteiger partial charge in [0.25, 0.3) is 0 Å². The summed E-state index contributed by atoms with van der Waals surface area (Å²) >= 11 is -2.40. The van der Waals surface area contributed by atoms with Gasteiger partial charge in [-0.2, -0.15) is 0 Å². The van der Waals surface area contributed by atoms with Gasteiger partial charge in [0, 0.05) is 0 Å². The number of halogens is 3. The van der Waals surface area contributed by atoms with Crippen LogP contribution in [0.3, 0.4) is 0 Å². The first kappa shape index (κ1) is 23.6. The zero-order valence-corrected chi connectivity index (χ0v) is 15.6. The molecule has 0 aromatic rings. The summed E-state index contributed by atoms with van der Waals surface area (Å²) in [4.78, 5) is 11.3. The third-order valence-electron chi connectivity index (χ3n) is 2.80. The minimum atomic E-state index is -2.40. The minimum Gasteiger partial charge on any atom is -0.147 e. The average Bonchev–Trinajstić information content (AvgIpc) is 2.50. The minimum absolute atomic E-state index is 0. The maximum atomic E-state index is 11.3. The number of esters is 1. The quantitative estimate of drug-likeness (QED) is 0.532. The van der Waals surface area contributed by atoms with Crippen molar-refractivity contribution in [2.24, 2.45) is 0 Å². The summed E-state index contributed by atoms with van der Waals surface area (Å²) in [5, 5.41) is 9.54. The number of allylic oxidation sites excluding steroid dienone is 3. The number of ether oxygens (including phenoxy) is 1. The summed E-state index contributed by atoms with van der Waals surface area (Å²) < 4.78 is 6.25. The van der Waals surface area contributed by atoms with Crippen LogP contribution < -0.4 is 0 Å². The van der Waals surface area contributed by atoms with Crippen LogP contribution in [0.25, 0.3) is 0 Å². The Labute approximate surface area is 130 Å². The van der Waals surface area contributed by atoms with Gasteiger partial charge in [-0.3, -0.25) is 0 Å². The second-order valence-corrected chi connectivity index (χ2v) is 19.8. The van der Waals surface area contributed by atoms with Gasteiger partial charge < -0.3 is 0 Å². The summed E-state index contributed by atoms with van der Waals surface area (Å²) in [6.45, 7) is 0. The molecule has 0 unspecified atom stereocenters. The van der Waals surface area contributed by atoms with Gasteiger partial charge in [-0.1, -0.05) is 0 Å². The summed E-state index contributed by atoms with van der Waals surface area (Å²) in [6, 6.07) is 0. The molecule has 109 valence electrons. The van der Waals surface area contributed by atoms with E-state index in [0.717, 1.165) is 6.42 Å². The standard InChI is InChI=1S/C8H9O2.4CH3.3ClH.Ti/c1-10-8(9)6-7-4-2-3-5-7;;;;;;;;/h2,4H,3,6H2,1H3;4*1H3;3*1H;. The van der Waals surface area contributed by atoms with Crippen molar-refractivity contribution in [2.45, 2.75) is 33.8 Å². The normalized spacial score (nSPS) is 15.7. The number of hydrogen-bond acceptors (Lipinski definition) is 2. The van der Waals surface area contributed by atoms with Crippen molar-refractivity contribution in [3.8, 4) is 0 Å². The first-order chi connectivity index (χ1) is 6.71. The topological polar surface area (TPSA) is 26.3 Å². The van der Waals surface area contributed by atoms with Crippen molar-refractivity contribution in [3.63, 3.8) is 0 Å². The fourth-order valence-corrected chi connectivity index (χ4v) is 5.73. The molecule has 0 amide bonds. The van der Waals surface area contributed by atoms with E-state index in [-0.39, 0.29) is 43.2 Å². The van der Waals surface area contributed by atoms with Gasteiger partial charge in [-0.15, -0.1) is 37.2 Å². The monoisotopic (exact) mass is 353 g/mol. The van der Waals surface area contributed by atoms with Gasteiger partial charge in [0.1, 0.15) is 0 Å². The molecule has 1 aliphatic carbocycles. The Bertz CT molecular complexity index is 345. The molecule has 0 aromatic heterocycles. The molecule has 0 saturated heterocycles. The SMILES string of the molecule is COC(=O)CC1=[C]([Ti]([CH3])([CH3])([CH3])[CH3])CC=C1.Cl.Cl.Cl. The second-order valence-electron chi connectivity index (χ2n) is 6.36. The van der Waals surface area contributed by atoms with Crippen molar-refractivity contribution < 1.29 is 24.8 Å². The molecule has 0 radical (unpaired) electrons. The van der Waals surface area contributed by atoms with Gasteiger partial charge in [0.2, 0.25) is 0 Å². The summed E-state index contributed by atoms with van der Waals surface area (Å²) in [7, 11) is 1.45. The molecule has 0 bridgehead atoms. The molecule has 0 spiro atoms. The Morgan fingerprint density at radius 3 is 2.11 bits per heavy atom. The first-order valence-electron chi connectivity index (χ1n) is 5.41. The van der Waals surface area contributed by atoms with Crippen LogP contribution in [0.5, 0.6) is 0 Å². The fourth-order valence-electron chi connectivity index (χ4n) is 1.99. The third-order valence-corrected chi connectivity index (χ3v) is 7.39. The molecular formula is C12H24Cl3O2Ti. The molecule has 0 N–H and O–H groups in total. The molecule has 6 heteroatoms. The average molecular weight is 355 g/mol. The molecule has 1 aliphatic rings. The van der Waals surface area contributed by atoms with Gasteiger partial charge >= 0.3 is 93.3 Å². The smallest absolute Gasteiger partial charge is 0.147 e. The van der Waals surface area contributed by atoms with E-state index in [4.69, 9.17) is 4.74 Å². The van der Waals surface area contributed by atoms with E-state index in [1.54, 1.807) is 0 Å². The Morgan fingerprint density at radius 1 is 1.22 bits per heavy atom. The molecular weight excluding hydrogens is 330 g/mol. The fraction of sp³-hybridized carbons (Fsp3) is 0.583. The molecule has 0 atom stereocenters. The van der Waals surface area contributed by atoms with Crippen molar-refractivity contribution in [1.82, 2.24) is 0 Å². The first-order valence-corrected chi connectivity index (χ1v) is 12.4. The van der Waals surface area contributed by atoms with E-state index in [1.807, 2.05) is 0 Å². The Balaban J connectivity index is -0.000000750. The molecule has 0 aliphatic heterocycles. The van der Waals surface area contributed by atoms with Crippen LogP contribution in [0.4, 0.5) is 0 Å². The third kappa shape index (κ3) is 6.63. The number of carbonyl (C=O) groups excluding carboxylic acids is 1. The molecule has 0 aromatic carbocycles. The van der Waals surface area contributed by atoms with E-state index < -0.39 is 15.3 Å². The predicted molar refractivity (Wildman–Crippen MR) is 82.6 cm³/mol. The van der Waals surface area contributed by atoms with Crippen molar-refractivity contribution >= 4 is 43.2 Å². The van der Waals surface area contributed by atoms with Gasteiger partial charge in [-0.05, 0) is 0 Å². The number of rotatable bonds is 3. The molecule has 2 nitrogen and oxygen atoms in total. The van der Waals surface area contributed by atoms with Crippen molar-refractivity contribution in [2.75, 3.05) is 7.11 Å². The Kier molecular flexibility index (Phi) is 10.4. The predicted octanol–water partition coefficient (Wildman–Crippen LogP) is 4.91. The van der Waals surface area contributed by atoms with Crippen LogP contribution >= 0.6 is 37.2 Å². The van der Waals surface area contributed by atoms with Crippen LogP contribution in [0.2, 0.25) is 20.9 Å². The zero-order valence-electron chi connectivity index (χ0n) is 11.6. The molecule has 0 heterocycles. The molecule has 1 rings (SSSR count). The van der Waals surface area contributed by atoms with E-state index in [9.17, 15) is 4.79 Å². The second kappa shape index (κ2) is 7.96. The summed E-state index contributed by atoms with van der Waals surface area (Å²) in [5.74, 6) is -0.134. The molecule has 0 saturated carbocycles. The largest absolute Gasteiger partial charge is 0.147 e. The van der Waals surface area contributed by atoms with Gasteiger partial charge in [0.15, 0.2) is 0 Å². The summed E-state index contributed by atoms with van der Waals surface area (Å²) in [5.41, 5.74) is 1.20. The van der Waals surface area contributed by atoms with Crippen molar-refractivity contribution in [3.05, 3.63) is 21.6 Å². The summed E-state index contributed by atoms with van der Waals surface area (Å²) in [6.07, 6.45) is 5.72. The van der Waals surface area contributed by atoms with E-state index in [0.29, 0.717) is 6.42 Å². The van der Waals surface area contributed by atoms with Crippen LogP contribution in [0.15, 0.2) is 21.6 Å². The molecule has 18 heavy (non-hydrogen) atoms. The number of methoxy groups -OCH3 is 1. The van der Waals surface area contributed by atoms with E-state index in [2.05, 4.69) is 33.1 Å². The molecule has 0 fully saturated rings.